The van der Waals surface area contributed by atoms with Crippen LogP contribution in [0.3, 0.4) is 0 Å². The number of hydrogen-bond donors (Lipinski definition) is 3. The van der Waals surface area contributed by atoms with Gasteiger partial charge in [-0.05, 0) is 30.2 Å². The number of rotatable bonds is 6. The summed E-state index contributed by atoms with van der Waals surface area (Å²) in [5.74, 6) is 4.41. The first-order chi connectivity index (χ1) is 10.8. The van der Waals surface area contributed by atoms with Crippen LogP contribution in [0.4, 0.5) is 5.69 Å². The molecule has 0 saturated heterocycles. The first-order valence-corrected chi connectivity index (χ1v) is 7.91. The molecule has 0 aliphatic carbocycles. The molecule has 0 atom stereocenters. The second kappa shape index (κ2) is 10.5. The van der Waals surface area contributed by atoms with Gasteiger partial charge >= 0.3 is 0 Å². The van der Waals surface area contributed by atoms with E-state index in [9.17, 15) is 0 Å². The van der Waals surface area contributed by atoms with Gasteiger partial charge in [0, 0.05) is 29.9 Å². The van der Waals surface area contributed by atoms with E-state index >= 15 is 0 Å². The molecule has 1 aromatic carbocycles. The number of anilines is 1. The van der Waals surface area contributed by atoms with Crippen LogP contribution in [0.25, 0.3) is 12.2 Å². The third-order valence-electron chi connectivity index (χ3n) is 2.90. The van der Waals surface area contributed by atoms with Crippen LogP contribution < -0.4 is 16.6 Å². The van der Waals surface area contributed by atoms with Gasteiger partial charge in [-0.3, -0.25) is 10.2 Å². The van der Waals surface area contributed by atoms with E-state index in [0.29, 0.717) is 6.41 Å². The van der Waals surface area contributed by atoms with Gasteiger partial charge in [-0.2, -0.15) is 0 Å². The summed E-state index contributed by atoms with van der Waals surface area (Å²) in [6, 6.07) is 6.42. The monoisotopic (exact) mass is 318 g/mol. The Labute approximate surface area is 135 Å². The predicted octanol–water partition coefficient (Wildman–Crippen LogP) is 2.91. The predicted molar refractivity (Wildman–Crippen MR) is 94.4 cm³/mol. The van der Waals surface area contributed by atoms with Crippen LogP contribution in [0.1, 0.15) is 29.5 Å². The fourth-order valence-corrected chi connectivity index (χ4v) is 2.52. The summed E-state index contributed by atoms with van der Waals surface area (Å²) < 4.78 is 0. The van der Waals surface area contributed by atoms with E-state index in [1.807, 2.05) is 18.6 Å². The largest absolute Gasteiger partial charge is 0.388 e. The zero-order chi connectivity index (χ0) is 16.2. The normalized spacial score (nSPS) is 9.95. The number of thiazole rings is 1. The number of aromatic nitrogens is 1. The van der Waals surface area contributed by atoms with Crippen molar-refractivity contribution < 1.29 is 4.79 Å². The summed E-state index contributed by atoms with van der Waals surface area (Å²) in [7, 11) is 1.96. The Morgan fingerprint density at radius 2 is 2.14 bits per heavy atom. The standard InChI is InChI=1S/C15H18N2S.CH4N2O/c1-3-5-12-6-4-7-14(16-2)13(12)8-9-15-17-10-11-18-15;2-3-1-4/h4,6-11,16H,3,5H2,1-2H3;1H,2H2,(H,3,4)/b9-8+;. The van der Waals surface area contributed by atoms with Crippen molar-refractivity contribution in [1.29, 1.82) is 0 Å². The van der Waals surface area contributed by atoms with Gasteiger partial charge in [0.25, 0.3) is 0 Å². The van der Waals surface area contributed by atoms with Gasteiger partial charge in [0.1, 0.15) is 5.01 Å². The number of aryl methyl sites for hydroxylation is 1. The van der Waals surface area contributed by atoms with Crippen LogP contribution in [0.2, 0.25) is 0 Å². The number of nitrogens with zero attached hydrogens (tertiary/aromatic N) is 1. The van der Waals surface area contributed by atoms with Crippen LogP contribution in [0.5, 0.6) is 0 Å². The van der Waals surface area contributed by atoms with E-state index in [0.717, 1.165) is 17.8 Å². The van der Waals surface area contributed by atoms with Crippen molar-refractivity contribution in [2.24, 2.45) is 5.84 Å². The number of hydrazine groups is 1. The zero-order valence-corrected chi connectivity index (χ0v) is 13.7. The summed E-state index contributed by atoms with van der Waals surface area (Å²) in [6.07, 6.45) is 8.75. The fraction of sp³-hybridized carbons (Fsp3) is 0.250. The number of benzene rings is 1. The lowest BCUT2D eigenvalue weighted by molar-refractivity contribution is -0.109. The number of carbonyl (C=O) groups is 1. The summed E-state index contributed by atoms with van der Waals surface area (Å²) in [6.45, 7) is 2.21. The molecule has 4 N–H and O–H groups in total. The van der Waals surface area contributed by atoms with E-state index in [-0.39, 0.29) is 0 Å². The summed E-state index contributed by atoms with van der Waals surface area (Å²) in [4.78, 5) is 13.2. The maximum absolute atomic E-state index is 8.94. The Morgan fingerprint density at radius 3 is 2.68 bits per heavy atom. The molecule has 118 valence electrons. The highest BCUT2D eigenvalue weighted by Gasteiger charge is 2.03. The minimum Gasteiger partial charge on any atom is -0.388 e. The number of amides is 1. The lowest BCUT2D eigenvalue weighted by Crippen LogP contribution is -2.18. The average molecular weight is 318 g/mol. The Morgan fingerprint density at radius 1 is 1.36 bits per heavy atom. The number of carbonyl (C=O) groups excluding carboxylic acids is 1. The fourth-order valence-electron chi connectivity index (χ4n) is 1.99. The van der Waals surface area contributed by atoms with Gasteiger partial charge in [0.15, 0.2) is 0 Å². The molecule has 0 fully saturated rings. The van der Waals surface area contributed by atoms with Gasteiger partial charge in [0.2, 0.25) is 6.41 Å². The summed E-state index contributed by atoms with van der Waals surface area (Å²) in [5.41, 5.74) is 5.59. The second-order valence-electron chi connectivity index (χ2n) is 4.37. The molecular formula is C16H22N4OS. The van der Waals surface area contributed by atoms with Gasteiger partial charge in [-0.15, -0.1) is 11.3 Å². The molecule has 0 radical (unpaired) electrons. The highest BCUT2D eigenvalue weighted by Crippen LogP contribution is 2.24. The molecule has 0 aliphatic rings. The maximum atomic E-state index is 8.94. The lowest BCUT2D eigenvalue weighted by atomic mass is 10.0. The van der Waals surface area contributed by atoms with Crippen LogP contribution in [-0.4, -0.2) is 18.4 Å². The molecule has 1 heterocycles. The lowest BCUT2D eigenvalue weighted by Gasteiger charge is -2.10. The molecule has 22 heavy (non-hydrogen) atoms. The van der Waals surface area contributed by atoms with Crippen LogP contribution in [0, 0.1) is 0 Å². The van der Waals surface area contributed by atoms with Crippen LogP contribution >= 0.6 is 11.3 Å². The molecule has 5 nitrogen and oxygen atoms in total. The van der Waals surface area contributed by atoms with Crippen molar-refractivity contribution in [1.82, 2.24) is 10.4 Å². The molecule has 0 bridgehead atoms. The number of nitrogens with one attached hydrogen (secondary N) is 2. The Hall–Kier alpha value is -2.18. The Bertz CT molecular complexity index is 582. The van der Waals surface area contributed by atoms with E-state index in [2.05, 4.69) is 53.4 Å². The third-order valence-corrected chi connectivity index (χ3v) is 3.64. The van der Waals surface area contributed by atoms with E-state index < -0.39 is 0 Å². The molecule has 0 unspecified atom stereocenters. The SMILES string of the molecule is CCCc1cccc(NC)c1/C=C/c1nccs1.NNC=O. The highest BCUT2D eigenvalue weighted by atomic mass is 32.1. The second-order valence-corrected chi connectivity index (χ2v) is 5.29. The minimum atomic E-state index is 0.403. The number of hydrogen-bond acceptors (Lipinski definition) is 5. The summed E-state index contributed by atoms with van der Waals surface area (Å²) >= 11 is 1.66. The molecule has 2 aromatic rings. The van der Waals surface area contributed by atoms with Crippen molar-refractivity contribution in [3.8, 4) is 0 Å². The van der Waals surface area contributed by atoms with Gasteiger partial charge in [0.05, 0.1) is 0 Å². The summed E-state index contributed by atoms with van der Waals surface area (Å²) in [5, 5.41) is 6.30. The Kier molecular flexibility index (Phi) is 8.56. The van der Waals surface area contributed by atoms with Gasteiger partial charge in [-0.1, -0.05) is 25.5 Å². The molecular weight excluding hydrogens is 296 g/mol. The van der Waals surface area contributed by atoms with Crippen molar-refractivity contribution in [3.63, 3.8) is 0 Å². The average Bonchev–Trinajstić information content (AvgIpc) is 3.07. The molecule has 2 rings (SSSR count). The quantitative estimate of drug-likeness (QED) is 0.331. The molecule has 6 heteroatoms. The highest BCUT2D eigenvalue weighted by molar-refractivity contribution is 7.10. The molecule has 0 spiro atoms. The minimum absolute atomic E-state index is 0.403. The first-order valence-electron chi connectivity index (χ1n) is 7.03. The van der Waals surface area contributed by atoms with Crippen LogP contribution in [-0.2, 0) is 11.2 Å². The molecule has 1 amide bonds. The Balaban J connectivity index is 0.000000541. The molecule has 0 saturated carbocycles. The van der Waals surface area contributed by atoms with E-state index in [4.69, 9.17) is 4.79 Å². The topological polar surface area (TPSA) is 80.0 Å². The first kappa shape index (κ1) is 17.9. The van der Waals surface area contributed by atoms with Gasteiger partial charge in [-0.25, -0.2) is 10.8 Å². The molecule has 0 aliphatic heterocycles. The van der Waals surface area contributed by atoms with E-state index in [1.165, 1.54) is 16.8 Å². The van der Waals surface area contributed by atoms with E-state index in [1.54, 1.807) is 16.8 Å². The van der Waals surface area contributed by atoms with Crippen LogP contribution in [0.15, 0.2) is 29.8 Å². The molecule has 1 aromatic heterocycles. The van der Waals surface area contributed by atoms with Crippen molar-refractivity contribution >= 4 is 35.6 Å². The smallest absolute Gasteiger partial charge is 0.221 e. The van der Waals surface area contributed by atoms with Crippen molar-refractivity contribution in [3.05, 3.63) is 45.9 Å². The third kappa shape index (κ3) is 5.67. The van der Waals surface area contributed by atoms with Crippen molar-refractivity contribution in [2.75, 3.05) is 12.4 Å². The maximum Gasteiger partial charge on any atom is 0.221 e. The number of nitrogens with two attached hydrogens (primary N) is 1. The van der Waals surface area contributed by atoms with Gasteiger partial charge < -0.3 is 5.32 Å². The van der Waals surface area contributed by atoms with Crippen molar-refractivity contribution in [2.45, 2.75) is 19.8 Å². The zero-order valence-electron chi connectivity index (χ0n) is 12.9.